The molecule has 1 fully saturated rings. The van der Waals surface area contributed by atoms with Crippen molar-refractivity contribution in [1.82, 2.24) is 15.5 Å². The monoisotopic (exact) mass is 548 g/mol. The lowest BCUT2D eigenvalue weighted by molar-refractivity contribution is 0.260. The number of halogens is 1. The molecule has 30 heavy (non-hydrogen) atoms. The van der Waals surface area contributed by atoms with E-state index < -0.39 is 0 Å². The number of ether oxygens (including phenoxy) is 2. The fourth-order valence-electron chi connectivity index (χ4n) is 4.23. The quantitative estimate of drug-likeness (QED) is 0.295. The predicted molar refractivity (Wildman–Crippen MR) is 138 cm³/mol. The molecule has 1 aliphatic carbocycles. The van der Waals surface area contributed by atoms with Crippen LogP contribution >= 0.6 is 35.7 Å². The number of nitrogens with zero attached hydrogens (tertiary/aromatic N) is 2. The van der Waals surface area contributed by atoms with E-state index in [1.54, 1.807) is 14.2 Å². The van der Waals surface area contributed by atoms with Gasteiger partial charge in [-0.2, -0.15) is 11.8 Å². The maximum Gasteiger partial charge on any atom is 0.191 e. The van der Waals surface area contributed by atoms with E-state index in [1.807, 2.05) is 11.8 Å². The molecule has 170 valence electrons. The summed E-state index contributed by atoms with van der Waals surface area (Å²) in [6, 6.07) is 4.80. The number of hydrogen-bond donors (Lipinski definition) is 2. The first-order valence-electron chi connectivity index (χ1n) is 10.7. The molecule has 0 aromatic heterocycles. The van der Waals surface area contributed by atoms with Gasteiger partial charge in [0.05, 0.1) is 20.8 Å². The first kappa shape index (κ1) is 25.4. The van der Waals surface area contributed by atoms with E-state index in [1.165, 1.54) is 30.4 Å². The van der Waals surface area contributed by atoms with Gasteiger partial charge >= 0.3 is 0 Å². The summed E-state index contributed by atoms with van der Waals surface area (Å²) in [5.41, 5.74) is 2.69. The highest BCUT2D eigenvalue weighted by Gasteiger charge is 2.24. The minimum absolute atomic E-state index is 0. The minimum atomic E-state index is 0. The summed E-state index contributed by atoms with van der Waals surface area (Å²) in [6.45, 7) is 6.77. The molecule has 1 aromatic carbocycles. The maximum absolute atomic E-state index is 5.47. The molecule has 0 bridgehead atoms. The van der Waals surface area contributed by atoms with E-state index >= 15 is 0 Å². The fraction of sp³-hybridized carbons (Fsp3) is 0.682. The molecule has 0 radical (unpaired) electrons. The van der Waals surface area contributed by atoms with Crippen molar-refractivity contribution in [2.24, 2.45) is 4.99 Å². The molecule has 2 atom stereocenters. The Balaban J connectivity index is 0.00000320. The lowest BCUT2D eigenvalue weighted by Gasteiger charge is -2.29. The van der Waals surface area contributed by atoms with E-state index in [-0.39, 0.29) is 24.0 Å². The van der Waals surface area contributed by atoms with Gasteiger partial charge in [-0.1, -0.05) is 0 Å². The molecular weight excluding hydrogens is 511 g/mol. The second kappa shape index (κ2) is 12.9. The van der Waals surface area contributed by atoms with E-state index in [9.17, 15) is 0 Å². The Morgan fingerprint density at radius 2 is 1.93 bits per heavy atom. The third-order valence-electron chi connectivity index (χ3n) is 5.89. The summed E-state index contributed by atoms with van der Waals surface area (Å²) in [6.07, 6.45) is 7.04. The predicted octanol–water partition coefficient (Wildman–Crippen LogP) is 3.52. The van der Waals surface area contributed by atoms with Crippen LogP contribution in [-0.2, 0) is 13.0 Å². The highest BCUT2D eigenvalue weighted by Crippen LogP contribution is 2.33. The largest absolute Gasteiger partial charge is 0.493 e. The highest BCUT2D eigenvalue weighted by atomic mass is 127. The van der Waals surface area contributed by atoms with Crippen LogP contribution in [0.1, 0.15) is 37.3 Å². The van der Waals surface area contributed by atoms with E-state index in [0.29, 0.717) is 6.04 Å². The molecule has 0 spiro atoms. The van der Waals surface area contributed by atoms with Crippen LogP contribution in [0.15, 0.2) is 17.1 Å². The summed E-state index contributed by atoms with van der Waals surface area (Å²) in [7, 11) is 3.39. The van der Waals surface area contributed by atoms with Crippen molar-refractivity contribution in [2.75, 3.05) is 46.7 Å². The number of rotatable bonds is 8. The van der Waals surface area contributed by atoms with Gasteiger partial charge in [0.2, 0.25) is 0 Å². The van der Waals surface area contributed by atoms with Crippen LogP contribution in [0.4, 0.5) is 0 Å². The Bertz CT molecular complexity index is 704. The van der Waals surface area contributed by atoms with Gasteiger partial charge in [-0.25, -0.2) is 0 Å². The van der Waals surface area contributed by atoms with Gasteiger partial charge in [-0.3, -0.25) is 9.89 Å². The van der Waals surface area contributed by atoms with Crippen LogP contribution in [0.5, 0.6) is 11.5 Å². The minimum Gasteiger partial charge on any atom is -0.493 e. The van der Waals surface area contributed by atoms with Crippen LogP contribution in [0.2, 0.25) is 0 Å². The van der Waals surface area contributed by atoms with Crippen molar-refractivity contribution in [3.05, 3.63) is 23.3 Å². The standard InChI is InChI=1S/C22H36N4O2S.HI/c1-5-23-22(25-18-6-7-19(14-18)29-4)24-9-11-26-10-8-16-12-20(27-2)21(28-3)13-17(16)15-26;/h12-13,18-19H,5-11,14-15H2,1-4H3,(H2,23,24,25);1H. The SMILES string of the molecule is CCNC(=NCCN1CCc2cc(OC)c(OC)cc2C1)NC1CCC(SC)C1.I. The first-order chi connectivity index (χ1) is 14.2. The van der Waals surface area contributed by atoms with Gasteiger partial charge in [0, 0.05) is 37.5 Å². The molecular formula is C22H37IN4O2S. The first-order valence-corrected chi connectivity index (χ1v) is 12.0. The smallest absolute Gasteiger partial charge is 0.191 e. The number of nitrogens with one attached hydrogen (secondary N) is 2. The van der Waals surface area contributed by atoms with Gasteiger partial charge in [0.1, 0.15) is 0 Å². The molecule has 1 saturated carbocycles. The van der Waals surface area contributed by atoms with Gasteiger partial charge in [-0.15, -0.1) is 24.0 Å². The third-order valence-corrected chi connectivity index (χ3v) is 6.98. The van der Waals surface area contributed by atoms with Crippen molar-refractivity contribution < 1.29 is 9.47 Å². The van der Waals surface area contributed by atoms with Crippen molar-refractivity contribution in [2.45, 2.75) is 50.4 Å². The lowest BCUT2D eigenvalue weighted by Crippen LogP contribution is -2.43. The normalized spacial score (nSPS) is 21.5. The molecule has 0 saturated heterocycles. The van der Waals surface area contributed by atoms with Gasteiger partial charge in [0.15, 0.2) is 17.5 Å². The van der Waals surface area contributed by atoms with Crippen molar-refractivity contribution in [3.63, 3.8) is 0 Å². The molecule has 2 N–H and O–H groups in total. The summed E-state index contributed by atoms with van der Waals surface area (Å²) in [5, 5.41) is 7.84. The maximum atomic E-state index is 5.47. The molecule has 6 nitrogen and oxygen atoms in total. The zero-order valence-corrected chi connectivity index (χ0v) is 21.8. The number of thioether (sulfide) groups is 1. The second-order valence-corrected chi connectivity index (χ2v) is 8.91. The summed E-state index contributed by atoms with van der Waals surface area (Å²) >= 11 is 1.99. The summed E-state index contributed by atoms with van der Waals surface area (Å²) < 4.78 is 10.9. The van der Waals surface area contributed by atoms with E-state index in [2.05, 4.69) is 40.8 Å². The van der Waals surface area contributed by atoms with Crippen molar-refractivity contribution in [1.29, 1.82) is 0 Å². The Morgan fingerprint density at radius 1 is 1.20 bits per heavy atom. The Hall–Kier alpha value is -0.870. The number of fused-ring (bicyclic) bond motifs is 1. The average molecular weight is 549 g/mol. The van der Waals surface area contributed by atoms with Crippen molar-refractivity contribution >= 4 is 41.7 Å². The topological polar surface area (TPSA) is 58.1 Å². The van der Waals surface area contributed by atoms with Gasteiger partial charge in [0.25, 0.3) is 0 Å². The zero-order valence-electron chi connectivity index (χ0n) is 18.7. The van der Waals surface area contributed by atoms with Gasteiger partial charge < -0.3 is 20.1 Å². The average Bonchev–Trinajstić information content (AvgIpc) is 3.20. The summed E-state index contributed by atoms with van der Waals surface area (Å²) in [5.74, 6) is 2.59. The van der Waals surface area contributed by atoms with E-state index in [0.717, 1.165) is 61.9 Å². The number of aliphatic imine (C=N–C) groups is 1. The van der Waals surface area contributed by atoms with Crippen molar-refractivity contribution in [3.8, 4) is 11.5 Å². The van der Waals surface area contributed by atoms with Crippen LogP contribution in [-0.4, -0.2) is 68.8 Å². The van der Waals surface area contributed by atoms with Crippen LogP contribution in [0.3, 0.4) is 0 Å². The molecule has 2 unspecified atom stereocenters. The number of guanidine groups is 1. The fourth-order valence-corrected chi connectivity index (χ4v) is 5.03. The second-order valence-electron chi connectivity index (χ2n) is 7.77. The van der Waals surface area contributed by atoms with Gasteiger partial charge in [-0.05, 0) is 62.1 Å². The number of methoxy groups -OCH3 is 2. The molecule has 8 heteroatoms. The molecule has 2 aliphatic rings. The molecule has 0 amide bonds. The molecule has 1 heterocycles. The third kappa shape index (κ3) is 6.82. The lowest BCUT2D eigenvalue weighted by atomic mass is 9.99. The van der Waals surface area contributed by atoms with Crippen LogP contribution in [0, 0.1) is 0 Å². The number of benzene rings is 1. The molecule has 1 aromatic rings. The summed E-state index contributed by atoms with van der Waals surface area (Å²) in [4.78, 5) is 7.31. The number of hydrogen-bond acceptors (Lipinski definition) is 5. The Kier molecular flexibility index (Phi) is 10.9. The Morgan fingerprint density at radius 3 is 2.57 bits per heavy atom. The highest BCUT2D eigenvalue weighted by molar-refractivity contribution is 14.0. The zero-order chi connectivity index (χ0) is 20.6. The van der Waals surface area contributed by atoms with Crippen LogP contribution in [0.25, 0.3) is 0 Å². The molecule has 3 rings (SSSR count). The van der Waals surface area contributed by atoms with E-state index in [4.69, 9.17) is 14.5 Å². The molecule has 1 aliphatic heterocycles. The van der Waals surface area contributed by atoms with Crippen LogP contribution < -0.4 is 20.1 Å². The Labute approximate surface area is 203 Å².